The maximum absolute atomic E-state index is 13.4. The minimum absolute atomic E-state index is 0.0932. The fourth-order valence-corrected chi connectivity index (χ4v) is 1.99. The predicted molar refractivity (Wildman–Crippen MR) is 60.6 cm³/mol. The van der Waals surface area contributed by atoms with Gasteiger partial charge in [-0.3, -0.25) is 0 Å². The molecule has 0 saturated carbocycles. The van der Waals surface area contributed by atoms with Crippen LogP contribution in [0.4, 0.5) is 10.1 Å². The molecule has 0 aliphatic carbocycles. The maximum atomic E-state index is 13.4. The molecule has 2 N–H and O–H groups in total. The Morgan fingerprint density at radius 2 is 2.38 bits per heavy atom. The summed E-state index contributed by atoms with van der Waals surface area (Å²) in [6.45, 7) is 3.84. The Morgan fingerprint density at radius 3 is 3.00 bits per heavy atom. The van der Waals surface area contributed by atoms with E-state index in [0.29, 0.717) is 5.69 Å². The number of rotatable bonds is 2. The van der Waals surface area contributed by atoms with Gasteiger partial charge in [0.1, 0.15) is 17.4 Å². The molecule has 16 heavy (non-hydrogen) atoms. The number of hydrogen-bond acceptors (Lipinski definition) is 3. The Balaban J connectivity index is 2.28. The average molecular weight is 219 g/mol. The highest BCUT2D eigenvalue weighted by molar-refractivity contribution is 5.59. The largest absolute Gasteiger partial charge is 0.377 e. The minimum atomic E-state index is -0.470. The third-order valence-corrected chi connectivity index (χ3v) is 2.93. The lowest BCUT2D eigenvalue weighted by atomic mass is 10.0. The standard InChI is InChI=1S/C12H14FN3/c1-12(5-6-15-8-12)16-11-4-2-3-10(13)9(11)7-14/h2-4,15-16H,5-6,8H2,1H3. The molecule has 1 aliphatic heterocycles. The highest BCUT2D eigenvalue weighted by atomic mass is 19.1. The van der Waals surface area contributed by atoms with Gasteiger partial charge in [0, 0.05) is 12.1 Å². The van der Waals surface area contributed by atoms with Crippen molar-refractivity contribution in [3.8, 4) is 6.07 Å². The van der Waals surface area contributed by atoms with Gasteiger partial charge in [0.15, 0.2) is 0 Å². The van der Waals surface area contributed by atoms with E-state index in [4.69, 9.17) is 5.26 Å². The molecular formula is C12H14FN3. The molecule has 0 radical (unpaired) electrons. The fourth-order valence-electron chi connectivity index (χ4n) is 1.99. The van der Waals surface area contributed by atoms with E-state index < -0.39 is 5.82 Å². The first-order chi connectivity index (χ1) is 7.64. The van der Waals surface area contributed by atoms with Crippen molar-refractivity contribution in [2.24, 2.45) is 0 Å². The first-order valence-corrected chi connectivity index (χ1v) is 5.32. The first-order valence-electron chi connectivity index (χ1n) is 5.32. The smallest absolute Gasteiger partial charge is 0.143 e. The topological polar surface area (TPSA) is 47.9 Å². The first kappa shape index (κ1) is 10.9. The number of anilines is 1. The number of hydrogen-bond donors (Lipinski definition) is 2. The molecule has 4 heteroatoms. The van der Waals surface area contributed by atoms with Crippen LogP contribution in [-0.4, -0.2) is 18.6 Å². The van der Waals surface area contributed by atoms with E-state index in [1.165, 1.54) is 6.07 Å². The van der Waals surface area contributed by atoms with Gasteiger partial charge >= 0.3 is 0 Å². The van der Waals surface area contributed by atoms with Gasteiger partial charge in [0.25, 0.3) is 0 Å². The van der Waals surface area contributed by atoms with E-state index in [0.717, 1.165) is 19.5 Å². The lowest BCUT2D eigenvalue weighted by Crippen LogP contribution is -2.37. The SMILES string of the molecule is CC1(Nc2cccc(F)c2C#N)CCNC1. The Morgan fingerprint density at radius 1 is 1.56 bits per heavy atom. The van der Waals surface area contributed by atoms with E-state index >= 15 is 0 Å². The summed E-state index contributed by atoms with van der Waals surface area (Å²) in [5, 5.41) is 15.4. The van der Waals surface area contributed by atoms with Crippen molar-refractivity contribution in [1.29, 1.82) is 5.26 Å². The van der Waals surface area contributed by atoms with Crippen LogP contribution in [0.25, 0.3) is 0 Å². The summed E-state index contributed by atoms with van der Waals surface area (Å²) >= 11 is 0. The molecule has 2 rings (SSSR count). The number of halogens is 1. The second-order valence-electron chi connectivity index (χ2n) is 4.39. The zero-order valence-corrected chi connectivity index (χ0v) is 9.18. The highest BCUT2D eigenvalue weighted by Crippen LogP contribution is 2.25. The molecule has 1 fully saturated rings. The van der Waals surface area contributed by atoms with Crippen molar-refractivity contribution in [3.63, 3.8) is 0 Å². The molecule has 1 aromatic carbocycles. The van der Waals surface area contributed by atoms with Crippen LogP contribution in [0.3, 0.4) is 0 Å². The summed E-state index contributed by atoms with van der Waals surface area (Å²) in [6, 6.07) is 6.56. The molecule has 1 aromatic rings. The van der Waals surface area contributed by atoms with Crippen LogP contribution in [0.2, 0.25) is 0 Å². The van der Waals surface area contributed by atoms with Gasteiger partial charge in [-0.15, -0.1) is 0 Å². The molecule has 0 spiro atoms. The second-order valence-corrected chi connectivity index (χ2v) is 4.39. The summed E-state index contributed by atoms with van der Waals surface area (Å²) in [5.74, 6) is -0.470. The van der Waals surface area contributed by atoms with Crippen LogP contribution in [0, 0.1) is 17.1 Å². The van der Waals surface area contributed by atoms with E-state index in [1.54, 1.807) is 12.1 Å². The molecule has 1 atom stereocenters. The number of nitriles is 1. The van der Waals surface area contributed by atoms with Crippen molar-refractivity contribution < 1.29 is 4.39 Å². The Kier molecular flexibility index (Phi) is 2.80. The van der Waals surface area contributed by atoms with Gasteiger partial charge in [0.2, 0.25) is 0 Å². The lowest BCUT2D eigenvalue weighted by molar-refractivity contribution is 0.564. The van der Waals surface area contributed by atoms with Crippen molar-refractivity contribution in [1.82, 2.24) is 5.32 Å². The zero-order chi connectivity index (χ0) is 11.6. The monoisotopic (exact) mass is 219 g/mol. The molecular weight excluding hydrogens is 205 g/mol. The summed E-state index contributed by atoms with van der Waals surface area (Å²) in [5.41, 5.74) is 0.573. The molecule has 0 aromatic heterocycles. The predicted octanol–water partition coefficient (Wildman–Crippen LogP) is 1.86. The molecule has 1 saturated heterocycles. The summed E-state index contributed by atoms with van der Waals surface area (Å²) in [7, 11) is 0. The van der Waals surface area contributed by atoms with Crippen LogP contribution in [0.15, 0.2) is 18.2 Å². The van der Waals surface area contributed by atoms with Gasteiger partial charge in [0.05, 0.1) is 5.69 Å². The Hall–Kier alpha value is -1.60. The number of nitrogens with zero attached hydrogens (tertiary/aromatic N) is 1. The molecule has 0 amide bonds. The summed E-state index contributed by atoms with van der Waals surface area (Å²) < 4.78 is 13.4. The number of nitrogens with one attached hydrogen (secondary N) is 2. The van der Waals surface area contributed by atoms with Crippen molar-refractivity contribution in [3.05, 3.63) is 29.6 Å². The normalized spacial score (nSPS) is 24.1. The van der Waals surface area contributed by atoms with E-state index in [9.17, 15) is 4.39 Å². The van der Waals surface area contributed by atoms with Crippen LogP contribution in [-0.2, 0) is 0 Å². The van der Waals surface area contributed by atoms with Gasteiger partial charge in [-0.05, 0) is 32.0 Å². The van der Waals surface area contributed by atoms with E-state index in [-0.39, 0.29) is 11.1 Å². The molecule has 3 nitrogen and oxygen atoms in total. The average Bonchev–Trinajstić information content (AvgIpc) is 2.65. The quantitative estimate of drug-likeness (QED) is 0.798. The van der Waals surface area contributed by atoms with Crippen LogP contribution in [0.1, 0.15) is 18.9 Å². The molecule has 1 heterocycles. The second kappa shape index (κ2) is 4.11. The Labute approximate surface area is 94.3 Å². The molecule has 0 bridgehead atoms. The summed E-state index contributed by atoms with van der Waals surface area (Å²) in [4.78, 5) is 0. The summed E-state index contributed by atoms with van der Waals surface area (Å²) in [6.07, 6.45) is 0.967. The maximum Gasteiger partial charge on any atom is 0.143 e. The molecule has 84 valence electrons. The number of benzene rings is 1. The van der Waals surface area contributed by atoms with E-state index in [2.05, 4.69) is 17.6 Å². The third-order valence-electron chi connectivity index (χ3n) is 2.93. The van der Waals surface area contributed by atoms with Crippen molar-refractivity contribution >= 4 is 5.69 Å². The zero-order valence-electron chi connectivity index (χ0n) is 9.18. The minimum Gasteiger partial charge on any atom is -0.377 e. The van der Waals surface area contributed by atoms with Crippen LogP contribution in [0.5, 0.6) is 0 Å². The molecule has 1 unspecified atom stereocenters. The van der Waals surface area contributed by atoms with Gasteiger partial charge in [-0.1, -0.05) is 6.07 Å². The lowest BCUT2D eigenvalue weighted by Gasteiger charge is -2.26. The van der Waals surface area contributed by atoms with Crippen LogP contribution < -0.4 is 10.6 Å². The Bertz CT molecular complexity index is 430. The van der Waals surface area contributed by atoms with Crippen molar-refractivity contribution in [2.75, 3.05) is 18.4 Å². The van der Waals surface area contributed by atoms with E-state index in [1.807, 2.05) is 6.07 Å². The van der Waals surface area contributed by atoms with Gasteiger partial charge in [-0.2, -0.15) is 5.26 Å². The van der Waals surface area contributed by atoms with Crippen molar-refractivity contribution in [2.45, 2.75) is 18.9 Å². The highest BCUT2D eigenvalue weighted by Gasteiger charge is 2.29. The van der Waals surface area contributed by atoms with Gasteiger partial charge in [-0.25, -0.2) is 4.39 Å². The fraction of sp³-hybridized carbons (Fsp3) is 0.417. The van der Waals surface area contributed by atoms with Gasteiger partial charge < -0.3 is 10.6 Å². The van der Waals surface area contributed by atoms with Crippen LogP contribution >= 0.6 is 0 Å². The molecule has 1 aliphatic rings. The third kappa shape index (κ3) is 2.00.